The Hall–Kier alpha value is -2.27. The van der Waals surface area contributed by atoms with E-state index in [0.717, 1.165) is 5.56 Å². The zero-order chi connectivity index (χ0) is 14.4. The van der Waals surface area contributed by atoms with Crippen LogP contribution in [0.2, 0.25) is 5.02 Å². The van der Waals surface area contributed by atoms with Gasteiger partial charge in [-0.3, -0.25) is 9.59 Å². The molecule has 2 aromatic rings. The minimum absolute atomic E-state index is 0.367. The zero-order valence-electron chi connectivity index (χ0n) is 10.6. The van der Waals surface area contributed by atoms with E-state index in [1.807, 2.05) is 0 Å². The molecule has 1 aromatic heterocycles. The van der Waals surface area contributed by atoms with Gasteiger partial charge in [0, 0.05) is 17.3 Å². The highest BCUT2D eigenvalue weighted by Gasteiger charge is 2.12. The van der Waals surface area contributed by atoms with Crippen molar-refractivity contribution < 1.29 is 14.0 Å². The number of anilines is 1. The molecule has 0 spiro atoms. The van der Waals surface area contributed by atoms with Crippen molar-refractivity contribution in [2.24, 2.45) is 0 Å². The van der Waals surface area contributed by atoms with Gasteiger partial charge in [-0.1, -0.05) is 11.6 Å². The fourth-order valence-corrected chi connectivity index (χ4v) is 1.68. The van der Waals surface area contributed by atoms with Crippen molar-refractivity contribution in [2.45, 2.75) is 6.42 Å². The number of furan rings is 1. The molecule has 1 aromatic carbocycles. The maximum atomic E-state index is 11.6. The third-order valence-corrected chi connectivity index (χ3v) is 2.84. The minimum atomic E-state index is -0.709. The summed E-state index contributed by atoms with van der Waals surface area (Å²) in [5.41, 5.74) is 1.48. The van der Waals surface area contributed by atoms with E-state index >= 15 is 0 Å². The predicted octanol–water partition coefficient (Wildman–Crippen LogP) is 2.23. The van der Waals surface area contributed by atoms with Gasteiger partial charge in [0.2, 0.25) is 0 Å². The van der Waals surface area contributed by atoms with E-state index in [2.05, 4.69) is 10.6 Å². The molecule has 2 rings (SSSR count). The SMILES string of the molecule is O=C(NCCc1ccoc1)C(=O)Nc1ccc(Cl)cc1. The Kier molecular flexibility index (Phi) is 4.79. The molecular weight excluding hydrogens is 280 g/mol. The fraction of sp³-hybridized carbons (Fsp3) is 0.143. The summed E-state index contributed by atoms with van der Waals surface area (Å²) < 4.78 is 4.91. The third kappa shape index (κ3) is 4.13. The number of halogens is 1. The van der Waals surface area contributed by atoms with E-state index in [0.29, 0.717) is 23.7 Å². The first-order valence-corrected chi connectivity index (χ1v) is 6.39. The summed E-state index contributed by atoms with van der Waals surface area (Å²) in [5, 5.41) is 5.58. The molecule has 0 aliphatic carbocycles. The topological polar surface area (TPSA) is 71.3 Å². The largest absolute Gasteiger partial charge is 0.472 e. The lowest BCUT2D eigenvalue weighted by Gasteiger charge is -2.06. The molecule has 1 heterocycles. The van der Waals surface area contributed by atoms with Crippen LogP contribution in [0.3, 0.4) is 0 Å². The number of carbonyl (C=O) groups excluding carboxylic acids is 2. The first kappa shape index (κ1) is 14.1. The van der Waals surface area contributed by atoms with Gasteiger partial charge in [0.25, 0.3) is 0 Å². The molecule has 6 heteroatoms. The number of amides is 2. The van der Waals surface area contributed by atoms with Crippen molar-refractivity contribution in [2.75, 3.05) is 11.9 Å². The number of benzene rings is 1. The summed E-state index contributed by atoms with van der Waals surface area (Å²) in [6.07, 6.45) is 3.76. The highest BCUT2D eigenvalue weighted by atomic mass is 35.5. The highest BCUT2D eigenvalue weighted by molar-refractivity contribution is 6.39. The van der Waals surface area contributed by atoms with Gasteiger partial charge in [-0.25, -0.2) is 0 Å². The van der Waals surface area contributed by atoms with E-state index in [4.69, 9.17) is 16.0 Å². The molecular formula is C14H13ClN2O3. The summed E-state index contributed by atoms with van der Waals surface area (Å²) in [6, 6.07) is 8.32. The molecule has 0 atom stereocenters. The average Bonchev–Trinajstić information content (AvgIpc) is 2.94. The van der Waals surface area contributed by atoms with Crippen LogP contribution in [-0.4, -0.2) is 18.4 Å². The van der Waals surface area contributed by atoms with E-state index in [1.54, 1.807) is 42.9 Å². The number of hydrogen-bond donors (Lipinski definition) is 2. The third-order valence-electron chi connectivity index (χ3n) is 2.59. The van der Waals surface area contributed by atoms with Crippen LogP contribution < -0.4 is 10.6 Å². The van der Waals surface area contributed by atoms with Crippen LogP contribution in [0.25, 0.3) is 0 Å². The number of rotatable bonds is 4. The molecule has 0 aliphatic rings. The second kappa shape index (κ2) is 6.77. The highest BCUT2D eigenvalue weighted by Crippen LogP contribution is 2.13. The smallest absolute Gasteiger partial charge is 0.313 e. The van der Waals surface area contributed by atoms with Gasteiger partial charge in [-0.15, -0.1) is 0 Å². The van der Waals surface area contributed by atoms with Crippen molar-refractivity contribution >= 4 is 29.1 Å². The molecule has 0 aliphatic heterocycles. The molecule has 104 valence electrons. The standard InChI is InChI=1S/C14H13ClN2O3/c15-11-1-3-12(4-2-11)17-14(19)13(18)16-7-5-10-6-8-20-9-10/h1-4,6,8-9H,5,7H2,(H,16,18)(H,17,19). The molecule has 0 bridgehead atoms. The van der Waals surface area contributed by atoms with Crippen LogP contribution in [0, 0.1) is 0 Å². The molecule has 0 fully saturated rings. The quantitative estimate of drug-likeness (QED) is 0.849. The van der Waals surface area contributed by atoms with Crippen molar-refractivity contribution in [3.8, 4) is 0 Å². The van der Waals surface area contributed by atoms with Gasteiger partial charge in [0.05, 0.1) is 12.5 Å². The summed E-state index contributed by atoms with van der Waals surface area (Å²) in [5.74, 6) is -1.39. The zero-order valence-corrected chi connectivity index (χ0v) is 11.3. The van der Waals surface area contributed by atoms with Crippen molar-refractivity contribution in [1.29, 1.82) is 0 Å². The van der Waals surface area contributed by atoms with Crippen molar-refractivity contribution in [3.63, 3.8) is 0 Å². The molecule has 2 N–H and O–H groups in total. The summed E-state index contributed by atoms with van der Waals surface area (Å²) in [4.78, 5) is 23.2. The maximum absolute atomic E-state index is 11.6. The van der Waals surface area contributed by atoms with Gasteiger partial charge < -0.3 is 15.1 Å². The summed E-state index contributed by atoms with van der Waals surface area (Å²) in [6.45, 7) is 0.367. The van der Waals surface area contributed by atoms with Gasteiger partial charge in [0.1, 0.15) is 0 Å². The monoisotopic (exact) mass is 292 g/mol. The minimum Gasteiger partial charge on any atom is -0.472 e. The lowest BCUT2D eigenvalue weighted by molar-refractivity contribution is -0.136. The predicted molar refractivity (Wildman–Crippen MR) is 75.5 cm³/mol. The van der Waals surface area contributed by atoms with Crippen LogP contribution in [0.4, 0.5) is 5.69 Å². The van der Waals surface area contributed by atoms with Gasteiger partial charge >= 0.3 is 11.8 Å². The second-order valence-electron chi connectivity index (χ2n) is 4.10. The molecule has 2 amide bonds. The Morgan fingerprint density at radius 2 is 1.85 bits per heavy atom. The van der Waals surface area contributed by atoms with Gasteiger partial charge in [-0.05, 0) is 42.3 Å². The Morgan fingerprint density at radius 3 is 2.50 bits per heavy atom. The molecule has 20 heavy (non-hydrogen) atoms. The van der Waals surface area contributed by atoms with Crippen LogP contribution in [0.5, 0.6) is 0 Å². The molecule has 0 saturated heterocycles. The van der Waals surface area contributed by atoms with E-state index < -0.39 is 11.8 Å². The van der Waals surface area contributed by atoms with Crippen LogP contribution in [0.1, 0.15) is 5.56 Å². The number of hydrogen-bond acceptors (Lipinski definition) is 3. The normalized spacial score (nSPS) is 10.1. The lowest BCUT2D eigenvalue weighted by atomic mass is 10.2. The Morgan fingerprint density at radius 1 is 1.10 bits per heavy atom. The lowest BCUT2D eigenvalue weighted by Crippen LogP contribution is -2.36. The first-order valence-electron chi connectivity index (χ1n) is 6.01. The van der Waals surface area contributed by atoms with E-state index in [9.17, 15) is 9.59 Å². The Labute approximate surface area is 120 Å². The Balaban J connectivity index is 1.77. The fourth-order valence-electron chi connectivity index (χ4n) is 1.56. The average molecular weight is 293 g/mol. The Bertz CT molecular complexity index is 579. The molecule has 0 radical (unpaired) electrons. The summed E-state index contributed by atoms with van der Waals surface area (Å²) >= 11 is 5.73. The van der Waals surface area contributed by atoms with E-state index in [1.165, 1.54) is 0 Å². The number of nitrogens with one attached hydrogen (secondary N) is 2. The molecule has 5 nitrogen and oxygen atoms in total. The first-order chi connectivity index (χ1) is 9.65. The second-order valence-corrected chi connectivity index (χ2v) is 4.53. The van der Waals surface area contributed by atoms with Crippen LogP contribution in [0.15, 0.2) is 47.3 Å². The van der Waals surface area contributed by atoms with Crippen molar-refractivity contribution in [1.82, 2.24) is 5.32 Å². The van der Waals surface area contributed by atoms with Crippen molar-refractivity contribution in [3.05, 3.63) is 53.4 Å². The van der Waals surface area contributed by atoms with Gasteiger partial charge in [0.15, 0.2) is 0 Å². The maximum Gasteiger partial charge on any atom is 0.313 e. The molecule has 0 saturated carbocycles. The van der Waals surface area contributed by atoms with Gasteiger partial charge in [-0.2, -0.15) is 0 Å². The van der Waals surface area contributed by atoms with E-state index in [-0.39, 0.29) is 0 Å². The summed E-state index contributed by atoms with van der Waals surface area (Å²) in [7, 11) is 0. The van der Waals surface area contributed by atoms with Crippen LogP contribution >= 0.6 is 11.6 Å². The van der Waals surface area contributed by atoms with Crippen LogP contribution in [-0.2, 0) is 16.0 Å². The number of carbonyl (C=O) groups is 2. The molecule has 0 unspecified atom stereocenters.